The van der Waals surface area contributed by atoms with E-state index in [1.165, 1.54) is 11.1 Å². The van der Waals surface area contributed by atoms with Crippen LogP contribution in [0.25, 0.3) is 0 Å². The van der Waals surface area contributed by atoms with Crippen LogP contribution in [-0.2, 0) is 12.8 Å². The lowest BCUT2D eigenvalue weighted by Crippen LogP contribution is -2.15. The Labute approximate surface area is 159 Å². The van der Waals surface area contributed by atoms with Gasteiger partial charge in [0, 0.05) is 17.1 Å². The number of aryl methyl sites for hydroxylation is 3. The maximum atomic E-state index is 12.6. The number of benzene rings is 2. The zero-order valence-corrected chi connectivity index (χ0v) is 15.9. The van der Waals surface area contributed by atoms with Gasteiger partial charge in [0.1, 0.15) is 5.69 Å². The molecule has 2 N–H and O–H groups in total. The third-order valence-electron chi connectivity index (χ3n) is 4.35. The molecule has 1 amide bonds. The van der Waals surface area contributed by atoms with Gasteiger partial charge in [0.25, 0.3) is 5.91 Å². The van der Waals surface area contributed by atoms with E-state index in [0.29, 0.717) is 11.6 Å². The van der Waals surface area contributed by atoms with Crippen molar-refractivity contribution in [2.24, 2.45) is 0 Å². The van der Waals surface area contributed by atoms with Crippen molar-refractivity contribution in [2.75, 3.05) is 10.6 Å². The Balaban J connectivity index is 1.80. The van der Waals surface area contributed by atoms with Crippen molar-refractivity contribution >= 4 is 23.2 Å². The standard InChI is InChI=1S/C22H24N4O/c1-4-16-10-12-18(13-11-16)24-21(27)20-14-15(3)23-22(26-20)25-19-9-7-6-8-17(19)5-2/h6-14H,4-5H2,1-3H3,(H,24,27)(H,23,25,26). The molecular formula is C22H24N4O. The summed E-state index contributed by atoms with van der Waals surface area (Å²) in [5.41, 5.74) is 5.16. The van der Waals surface area contributed by atoms with Gasteiger partial charge >= 0.3 is 0 Å². The Hall–Kier alpha value is -3.21. The number of hydrogen-bond donors (Lipinski definition) is 2. The fraction of sp³-hybridized carbons (Fsp3) is 0.227. The number of aromatic nitrogens is 2. The molecule has 0 saturated carbocycles. The first kappa shape index (κ1) is 18.6. The van der Waals surface area contributed by atoms with Gasteiger partial charge < -0.3 is 10.6 Å². The molecule has 1 heterocycles. The highest BCUT2D eigenvalue weighted by Crippen LogP contribution is 2.20. The lowest BCUT2D eigenvalue weighted by Gasteiger charge is -2.11. The number of carbonyl (C=O) groups excluding carboxylic acids is 1. The van der Waals surface area contributed by atoms with Gasteiger partial charge in [-0.15, -0.1) is 0 Å². The summed E-state index contributed by atoms with van der Waals surface area (Å²) >= 11 is 0. The predicted molar refractivity (Wildman–Crippen MR) is 110 cm³/mol. The molecule has 0 fully saturated rings. The number of rotatable bonds is 6. The number of nitrogens with one attached hydrogen (secondary N) is 2. The van der Waals surface area contributed by atoms with Crippen molar-refractivity contribution in [1.29, 1.82) is 0 Å². The molecule has 0 unspecified atom stereocenters. The van der Waals surface area contributed by atoms with Crippen LogP contribution < -0.4 is 10.6 Å². The molecule has 0 aliphatic carbocycles. The molecular weight excluding hydrogens is 336 g/mol. The smallest absolute Gasteiger partial charge is 0.274 e. The molecule has 0 bridgehead atoms. The highest BCUT2D eigenvalue weighted by atomic mass is 16.1. The number of amides is 1. The molecule has 0 saturated heterocycles. The molecule has 5 heteroatoms. The third-order valence-corrected chi connectivity index (χ3v) is 4.35. The summed E-state index contributed by atoms with van der Waals surface area (Å²) < 4.78 is 0. The summed E-state index contributed by atoms with van der Waals surface area (Å²) in [6, 6.07) is 17.5. The van der Waals surface area contributed by atoms with E-state index in [4.69, 9.17) is 0 Å². The van der Waals surface area contributed by atoms with E-state index in [1.54, 1.807) is 6.07 Å². The highest BCUT2D eigenvalue weighted by molar-refractivity contribution is 6.03. The van der Waals surface area contributed by atoms with Crippen LogP contribution in [0.4, 0.5) is 17.3 Å². The first-order valence-electron chi connectivity index (χ1n) is 9.20. The fourth-order valence-electron chi connectivity index (χ4n) is 2.83. The van der Waals surface area contributed by atoms with Crippen LogP contribution in [0.2, 0.25) is 0 Å². The molecule has 0 aliphatic heterocycles. The van der Waals surface area contributed by atoms with Crippen LogP contribution >= 0.6 is 0 Å². The van der Waals surface area contributed by atoms with Crippen LogP contribution in [0.3, 0.4) is 0 Å². The molecule has 0 aliphatic rings. The van der Waals surface area contributed by atoms with E-state index in [1.807, 2.05) is 49.4 Å². The van der Waals surface area contributed by atoms with Crippen molar-refractivity contribution in [2.45, 2.75) is 33.6 Å². The number of para-hydroxylation sites is 1. The Morgan fingerprint density at radius 3 is 2.41 bits per heavy atom. The van der Waals surface area contributed by atoms with Crippen LogP contribution in [0.15, 0.2) is 54.6 Å². The largest absolute Gasteiger partial charge is 0.324 e. The minimum absolute atomic E-state index is 0.253. The first-order valence-corrected chi connectivity index (χ1v) is 9.20. The Morgan fingerprint density at radius 1 is 0.963 bits per heavy atom. The molecule has 0 atom stereocenters. The van der Waals surface area contributed by atoms with Gasteiger partial charge in [-0.2, -0.15) is 0 Å². The van der Waals surface area contributed by atoms with Gasteiger partial charge in [-0.05, 0) is 55.2 Å². The summed E-state index contributed by atoms with van der Waals surface area (Å²) in [5, 5.41) is 6.13. The molecule has 0 radical (unpaired) electrons. The number of carbonyl (C=O) groups is 1. The zero-order valence-electron chi connectivity index (χ0n) is 15.9. The fourth-order valence-corrected chi connectivity index (χ4v) is 2.83. The lowest BCUT2D eigenvalue weighted by atomic mass is 10.1. The minimum atomic E-state index is -0.253. The molecule has 0 spiro atoms. The maximum Gasteiger partial charge on any atom is 0.274 e. The highest BCUT2D eigenvalue weighted by Gasteiger charge is 2.12. The van der Waals surface area contributed by atoms with Crippen molar-refractivity contribution in [1.82, 2.24) is 9.97 Å². The maximum absolute atomic E-state index is 12.6. The van der Waals surface area contributed by atoms with Gasteiger partial charge in [0.15, 0.2) is 0 Å². The van der Waals surface area contributed by atoms with Gasteiger partial charge in [0.2, 0.25) is 5.95 Å². The molecule has 3 rings (SSSR count). The first-order chi connectivity index (χ1) is 13.1. The van der Waals surface area contributed by atoms with Gasteiger partial charge in [-0.1, -0.05) is 44.2 Å². The van der Waals surface area contributed by atoms with Crippen LogP contribution in [0.1, 0.15) is 41.2 Å². The second-order valence-corrected chi connectivity index (χ2v) is 6.36. The SMILES string of the molecule is CCc1ccc(NC(=O)c2cc(C)nc(Nc3ccccc3CC)n2)cc1. The Morgan fingerprint density at radius 2 is 1.70 bits per heavy atom. The second-order valence-electron chi connectivity index (χ2n) is 6.36. The molecule has 3 aromatic rings. The van der Waals surface area contributed by atoms with Crippen molar-refractivity contribution in [3.8, 4) is 0 Å². The summed E-state index contributed by atoms with van der Waals surface area (Å²) in [6.07, 6.45) is 1.86. The second kappa shape index (κ2) is 8.45. The third kappa shape index (κ3) is 4.70. The lowest BCUT2D eigenvalue weighted by molar-refractivity contribution is 0.102. The predicted octanol–water partition coefficient (Wildman–Crippen LogP) is 4.91. The van der Waals surface area contributed by atoms with E-state index in [0.717, 1.165) is 29.9 Å². The van der Waals surface area contributed by atoms with E-state index < -0.39 is 0 Å². The average molecular weight is 360 g/mol. The van der Waals surface area contributed by atoms with Crippen molar-refractivity contribution in [3.05, 3.63) is 77.1 Å². The van der Waals surface area contributed by atoms with Crippen LogP contribution in [0.5, 0.6) is 0 Å². The van der Waals surface area contributed by atoms with Crippen molar-refractivity contribution in [3.63, 3.8) is 0 Å². The molecule has 1 aromatic heterocycles. The molecule has 5 nitrogen and oxygen atoms in total. The average Bonchev–Trinajstić information content (AvgIpc) is 2.68. The van der Waals surface area contributed by atoms with E-state index in [-0.39, 0.29) is 5.91 Å². The molecule has 27 heavy (non-hydrogen) atoms. The van der Waals surface area contributed by atoms with Crippen LogP contribution in [0, 0.1) is 6.92 Å². The summed E-state index contributed by atoms with van der Waals surface area (Å²) in [6.45, 7) is 6.05. The van der Waals surface area contributed by atoms with Gasteiger partial charge in [-0.3, -0.25) is 4.79 Å². The normalized spacial score (nSPS) is 10.5. The summed E-state index contributed by atoms with van der Waals surface area (Å²) in [5.74, 6) is 0.166. The van der Waals surface area contributed by atoms with Gasteiger partial charge in [0.05, 0.1) is 0 Å². The molecule has 2 aromatic carbocycles. The van der Waals surface area contributed by atoms with E-state index in [9.17, 15) is 4.79 Å². The van der Waals surface area contributed by atoms with E-state index >= 15 is 0 Å². The van der Waals surface area contributed by atoms with Gasteiger partial charge in [-0.25, -0.2) is 9.97 Å². The summed E-state index contributed by atoms with van der Waals surface area (Å²) in [4.78, 5) is 21.4. The summed E-state index contributed by atoms with van der Waals surface area (Å²) in [7, 11) is 0. The number of hydrogen-bond acceptors (Lipinski definition) is 4. The number of nitrogens with zero attached hydrogens (tertiary/aromatic N) is 2. The Bertz CT molecular complexity index is 935. The zero-order chi connectivity index (χ0) is 19.2. The van der Waals surface area contributed by atoms with E-state index in [2.05, 4.69) is 40.5 Å². The van der Waals surface area contributed by atoms with Crippen LogP contribution in [-0.4, -0.2) is 15.9 Å². The van der Waals surface area contributed by atoms with Crippen molar-refractivity contribution < 1.29 is 4.79 Å². The quantitative estimate of drug-likeness (QED) is 0.656. The number of anilines is 3. The minimum Gasteiger partial charge on any atom is -0.324 e. The molecule has 138 valence electrons. The topological polar surface area (TPSA) is 66.9 Å². The monoisotopic (exact) mass is 360 g/mol. The Kier molecular flexibility index (Phi) is 5.81.